The molecule has 2 N–H and O–H groups in total. The van der Waals surface area contributed by atoms with Gasteiger partial charge in [0.15, 0.2) is 45.9 Å². The molecule has 0 saturated carbocycles. The van der Waals surface area contributed by atoms with E-state index in [1.54, 1.807) is 49.6 Å². The minimum atomic E-state index is 0.297. The van der Waals surface area contributed by atoms with Gasteiger partial charge in [-0.25, -0.2) is 69.8 Å². The van der Waals surface area contributed by atoms with Crippen LogP contribution >= 0.6 is 0 Å². The summed E-state index contributed by atoms with van der Waals surface area (Å²) < 4.78 is 0. The molecular weight excluding hydrogens is 512 g/mol. The Morgan fingerprint density at radius 1 is 0.300 bits per heavy atom. The second-order valence-corrected chi connectivity index (χ2v) is 8.62. The zero-order valence-corrected chi connectivity index (χ0v) is 19.9. The number of nitrogens with zero attached hydrogens (tertiary/aromatic N) is 14. The molecule has 2 aliphatic rings. The van der Waals surface area contributed by atoms with E-state index in [4.69, 9.17) is 19.9 Å². The highest BCUT2D eigenvalue weighted by Gasteiger charge is 2.25. The smallest absolute Gasteiger partial charge is 0.184 e. The van der Waals surface area contributed by atoms with Gasteiger partial charge in [0, 0.05) is 49.6 Å². The Hall–Kier alpha value is -6.32. The summed E-state index contributed by atoms with van der Waals surface area (Å²) in [6.07, 6.45) is 12.6. The van der Waals surface area contributed by atoms with Crippen molar-refractivity contribution in [3.8, 4) is 46.1 Å². The van der Waals surface area contributed by atoms with Crippen LogP contribution in [0.5, 0.6) is 0 Å². The highest BCUT2D eigenvalue weighted by molar-refractivity contribution is 6.00. The maximum atomic E-state index is 4.75. The second kappa shape index (κ2) is 7.60. The van der Waals surface area contributed by atoms with Crippen LogP contribution in [0.2, 0.25) is 0 Å². The Balaban J connectivity index is 1.51. The average molecular weight is 522 g/mol. The summed E-state index contributed by atoms with van der Waals surface area (Å²) in [5.74, 6) is 1.19. The van der Waals surface area contributed by atoms with Gasteiger partial charge in [0.25, 0.3) is 0 Å². The molecule has 0 saturated heterocycles. The maximum Gasteiger partial charge on any atom is 0.184 e. The van der Waals surface area contributed by atoms with Gasteiger partial charge in [-0.1, -0.05) is 0 Å². The molecule has 8 bridgehead atoms. The fourth-order valence-corrected chi connectivity index (χ4v) is 4.63. The molecule has 186 valence electrons. The first-order valence-corrected chi connectivity index (χ1v) is 11.9. The predicted octanol–water partition coefficient (Wildman–Crippen LogP) is 2.03. The number of hydrogen-bond acceptors (Lipinski definition) is 14. The normalized spacial score (nSPS) is 12.0. The molecule has 9 rings (SSSR count). The van der Waals surface area contributed by atoms with Gasteiger partial charge in [-0.3, -0.25) is 0 Å². The van der Waals surface area contributed by atoms with Crippen molar-refractivity contribution in [2.45, 2.75) is 0 Å². The molecule has 0 atom stereocenters. The van der Waals surface area contributed by atoms with E-state index in [-0.39, 0.29) is 0 Å². The van der Waals surface area contributed by atoms with Crippen molar-refractivity contribution < 1.29 is 0 Å². The summed E-state index contributed by atoms with van der Waals surface area (Å²) in [5.41, 5.74) is 5.36. The molecule has 7 aromatic heterocycles. The Kier molecular flexibility index (Phi) is 3.94. The minimum absolute atomic E-state index is 0.297. The molecule has 2 aliphatic heterocycles. The number of rotatable bonds is 0. The molecule has 0 aliphatic carbocycles. The van der Waals surface area contributed by atoms with E-state index in [1.807, 2.05) is 0 Å². The number of H-pyrrole nitrogens is 2. The lowest BCUT2D eigenvalue weighted by Crippen LogP contribution is -1.89. The average Bonchev–Trinajstić information content (AvgIpc) is 3.73. The highest BCUT2D eigenvalue weighted by Crippen LogP contribution is 2.32. The van der Waals surface area contributed by atoms with E-state index in [9.17, 15) is 0 Å². The van der Waals surface area contributed by atoms with Crippen molar-refractivity contribution in [2.75, 3.05) is 0 Å². The van der Waals surface area contributed by atoms with Crippen molar-refractivity contribution in [3.05, 3.63) is 49.6 Å². The molecule has 0 aromatic carbocycles. The van der Waals surface area contributed by atoms with Crippen LogP contribution in [0.15, 0.2) is 49.6 Å². The van der Waals surface area contributed by atoms with Gasteiger partial charge in [0.05, 0.1) is 0 Å². The topological polar surface area (TPSA) is 212 Å². The van der Waals surface area contributed by atoms with Crippen LogP contribution in [0.4, 0.5) is 0 Å². The summed E-state index contributed by atoms with van der Waals surface area (Å²) in [6, 6.07) is 0. The van der Waals surface area contributed by atoms with Crippen LogP contribution in [0.25, 0.3) is 90.7 Å². The third-order valence-electron chi connectivity index (χ3n) is 6.31. The van der Waals surface area contributed by atoms with Gasteiger partial charge in [-0.05, 0) is 0 Å². The molecule has 0 radical (unpaired) electrons. The van der Waals surface area contributed by atoms with Crippen molar-refractivity contribution >= 4 is 44.7 Å². The molecule has 9 heterocycles. The second-order valence-electron chi connectivity index (χ2n) is 8.62. The zero-order valence-electron chi connectivity index (χ0n) is 19.9. The van der Waals surface area contributed by atoms with E-state index in [1.165, 1.54) is 0 Å². The highest BCUT2D eigenvalue weighted by atomic mass is 15.1. The van der Waals surface area contributed by atoms with Crippen molar-refractivity contribution in [1.82, 2.24) is 79.7 Å². The van der Waals surface area contributed by atoms with Crippen LogP contribution in [0, 0.1) is 0 Å². The van der Waals surface area contributed by atoms with Crippen LogP contribution < -0.4 is 0 Å². The van der Waals surface area contributed by atoms with Gasteiger partial charge in [-0.15, -0.1) is 0 Å². The summed E-state index contributed by atoms with van der Waals surface area (Å²) in [5, 5.41) is 0. The van der Waals surface area contributed by atoms with Crippen molar-refractivity contribution in [1.29, 1.82) is 0 Å². The van der Waals surface area contributed by atoms with Gasteiger partial charge in [0.1, 0.15) is 44.8 Å². The van der Waals surface area contributed by atoms with E-state index in [0.717, 1.165) is 0 Å². The van der Waals surface area contributed by atoms with E-state index >= 15 is 0 Å². The molecule has 7 aromatic rings. The van der Waals surface area contributed by atoms with E-state index in [0.29, 0.717) is 90.7 Å². The standard InChI is InChI=1S/C24H10N16/c1-2-26-10-9(25-1)17-33-18(10)38-20-13-14(30-6-5-29-13)22(35-20)40-24-16-15(31-7-8-32-16)23(36-24)39-21-12-11(19(34-21)37-17)27-3-4-28-12/h1-8H,(H2,33,34,35,36,37,38,39,40). The Morgan fingerprint density at radius 3 is 0.825 bits per heavy atom. The molecule has 16 nitrogen and oxygen atoms in total. The Labute approximate surface area is 220 Å². The van der Waals surface area contributed by atoms with E-state index in [2.05, 4.69) is 59.8 Å². The predicted molar refractivity (Wildman–Crippen MR) is 138 cm³/mol. The quantitative estimate of drug-likeness (QED) is 0.292. The third-order valence-corrected chi connectivity index (χ3v) is 6.31. The lowest BCUT2D eigenvalue weighted by molar-refractivity contribution is 1.18. The number of aromatic amines is 2. The first-order chi connectivity index (χ1) is 19.8. The maximum absolute atomic E-state index is 4.75. The largest absolute Gasteiger partial charge is 0.321 e. The fourth-order valence-electron chi connectivity index (χ4n) is 4.63. The van der Waals surface area contributed by atoms with Gasteiger partial charge < -0.3 is 9.97 Å². The summed E-state index contributed by atoms with van der Waals surface area (Å²) in [6.45, 7) is 0. The summed E-state index contributed by atoms with van der Waals surface area (Å²) >= 11 is 0. The molecule has 0 unspecified atom stereocenters. The first-order valence-electron chi connectivity index (χ1n) is 11.9. The minimum Gasteiger partial charge on any atom is -0.321 e. The monoisotopic (exact) mass is 522 g/mol. The first kappa shape index (κ1) is 20.7. The van der Waals surface area contributed by atoms with Crippen LogP contribution in [0.1, 0.15) is 0 Å². The number of nitrogens with one attached hydrogen (secondary N) is 2. The van der Waals surface area contributed by atoms with E-state index < -0.39 is 0 Å². The molecular formula is C24H10N16. The van der Waals surface area contributed by atoms with Gasteiger partial charge >= 0.3 is 0 Å². The number of fused-ring (bicyclic) bond motifs is 20. The zero-order chi connectivity index (χ0) is 26.2. The Bertz CT molecular complexity index is 2040. The lowest BCUT2D eigenvalue weighted by atomic mass is 10.3. The molecule has 16 heteroatoms. The van der Waals surface area contributed by atoms with Gasteiger partial charge in [-0.2, -0.15) is 0 Å². The molecule has 0 fully saturated rings. The fraction of sp³-hybridized carbons (Fsp3) is 0. The SMILES string of the molecule is c1cnc2c(n1)-c1nc-2nc2[nH]c(nc3nc(nc4[nH]c(n1)c1nccnc41)-c1nccnc1-3)c1nccnc21. The van der Waals surface area contributed by atoms with Gasteiger partial charge in [0.2, 0.25) is 0 Å². The lowest BCUT2D eigenvalue weighted by Gasteiger charge is -1.94. The number of aromatic nitrogens is 16. The number of hydrogen-bond donors (Lipinski definition) is 2. The van der Waals surface area contributed by atoms with Crippen LogP contribution in [-0.2, 0) is 0 Å². The van der Waals surface area contributed by atoms with Crippen LogP contribution in [-0.4, -0.2) is 79.7 Å². The Morgan fingerprint density at radius 2 is 0.550 bits per heavy atom. The molecule has 0 amide bonds. The summed E-state index contributed by atoms with van der Waals surface area (Å²) in [7, 11) is 0. The van der Waals surface area contributed by atoms with Crippen molar-refractivity contribution in [3.63, 3.8) is 0 Å². The third kappa shape index (κ3) is 2.88. The molecule has 40 heavy (non-hydrogen) atoms. The summed E-state index contributed by atoms with van der Waals surface area (Å²) in [4.78, 5) is 70.5. The van der Waals surface area contributed by atoms with Crippen molar-refractivity contribution in [2.24, 2.45) is 0 Å². The van der Waals surface area contributed by atoms with Crippen LogP contribution in [0.3, 0.4) is 0 Å². The molecule has 0 spiro atoms.